The molecule has 0 spiro atoms. The van der Waals surface area contributed by atoms with Crippen LogP contribution in [-0.2, 0) is 10.0 Å². The Hall–Kier alpha value is -0.850. The van der Waals surface area contributed by atoms with Crippen LogP contribution in [0.3, 0.4) is 0 Å². The number of aliphatic hydroxyl groups is 1. The number of aromatic nitrogens is 1. The molecule has 0 aliphatic rings. The van der Waals surface area contributed by atoms with E-state index in [0.29, 0.717) is 6.42 Å². The van der Waals surface area contributed by atoms with Crippen LogP contribution < -0.4 is 4.72 Å². The third-order valence-electron chi connectivity index (χ3n) is 2.43. The summed E-state index contributed by atoms with van der Waals surface area (Å²) in [6.45, 7) is 3.80. The number of hydrogen-bond donors (Lipinski definition) is 3. The van der Waals surface area contributed by atoms with Crippen LogP contribution in [0.5, 0.6) is 0 Å². The van der Waals surface area contributed by atoms with Crippen molar-refractivity contribution in [3.8, 4) is 0 Å². The molecule has 0 saturated heterocycles. The summed E-state index contributed by atoms with van der Waals surface area (Å²) >= 11 is 0. The van der Waals surface area contributed by atoms with Gasteiger partial charge in [-0.2, -0.15) is 0 Å². The van der Waals surface area contributed by atoms with Crippen LogP contribution in [0, 0.1) is 5.92 Å². The second-order valence-corrected chi connectivity index (χ2v) is 5.74. The monoisotopic (exact) mass is 246 g/mol. The molecule has 1 aromatic rings. The van der Waals surface area contributed by atoms with Crippen LogP contribution >= 0.6 is 0 Å². The molecule has 1 atom stereocenters. The molecule has 0 fully saturated rings. The first-order chi connectivity index (χ1) is 7.47. The molecule has 16 heavy (non-hydrogen) atoms. The molecule has 0 radical (unpaired) electrons. The van der Waals surface area contributed by atoms with Gasteiger partial charge in [-0.25, -0.2) is 13.1 Å². The third-order valence-corrected chi connectivity index (χ3v) is 3.92. The Bertz CT molecular complexity index is 398. The highest BCUT2D eigenvalue weighted by Gasteiger charge is 2.22. The molecule has 0 saturated carbocycles. The van der Waals surface area contributed by atoms with Gasteiger partial charge in [0.05, 0.1) is 4.90 Å². The number of aromatic amines is 1. The van der Waals surface area contributed by atoms with Gasteiger partial charge in [-0.05, 0) is 18.4 Å². The Labute approximate surface area is 95.9 Å². The van der Waals surface area contributed by atoms with Crippen LogP contribution in [0.4, 0.5) is 0 Å². The molecule has 1 heterocycles. The SMILES string of the molecule is CC(C)C(CCO)NS(=O)(=O)c1cc[nH]c1. The van der Waals surface area contributed by atoms with E-state index in [9.17, 15) is 8.42 Å². The summed E-state index contributed by atoms with van der Waals surface area (Å²) in [5, 5.41) is 8.87. The highest BCUT2D eigenvalue weighted by atomic mass is 32.2. The summed E-state index contributed by atoms with van der Waals surface area (Å²) in [6.07, 6.45) is 3.41. The van der Waals surface area contributed by atoms with Gasteiger partial charge in [0.2, 0.25) is 10.0 Å². The predicted molar refractivity (Wildman–Crippen MR) is 61.4 cm³/mol. The van der Waals surface area contributed by atoms with Gasteiger partial charge in [-0.15, -0.1) is 0 Å². The molecule has 6 heteroatoms. The van der Waals surface area contributed by atoms with Gasteiger partial charge in [-0.3, -0.25) is 0 Å². The van der Waals surface area contributed by atoms with E-state index in [1.54, 1.807) is 6.20 Å². The standard InChI is InChI=1S/C10H18N2O3S/c1-8(2)10(4-6-13)12-16(14,15)9-3-5-11-7-9/h3,5,7-8,10-13H,4,6H2,1-2H3. The van der Waals surface area contributed by atoms with Crippen LogP contribution in [0.25, 0.3) is 0 Å². The lowest BCUT2D eigenvalue weighted by atomic mass is 10.0. The Kier molecular flexibility index (Phi) is 4.52. The largest absolute Gasteiger partial charge is 0.396 e. The van der Waals surface area contributed by atoms with Crippen LogP contribution in [0.15, 0.2) is 23.4 Å². The first kappa shape index (κ1) is 13.2. The molecule has 0 bridgehead atoms. The predicted octanol–water partition coefficient (Wildman–Crippen LogP) is 0.700. The molecule has 0 aliphatic heterocycles. The van der Waals surface area contributed by atoms with Crippen molar-refractivity contribution in [1.82, 2.24) is 9.71 Å². The highest BCUT2D eigenvalue weighted by Crippen LogP contribution is 2.12. The normalized spacial score (nSPS) is 14.2. The van der Waals surface area contributed by atoms with Crippen molar-refractivity contribution in [3.63, 3.8) is 0 Å². The number of aliphatic hydroxyl groups excluding tert-OH is 1. The number of sulfonamides is 1. The molecule has 5 nitrogen and oxygen atoms in total. The smallest absolute Gasteiger partial charge is 0.242 e. The molecule has 1 rings (SSSR count). The average molecular weight is 246 g/mol. The van der Waals surface area contributed by atoms with Gasteiger partial charge < -0.3 is 10.1 Å². The number of rotatable bonds is 6. The number of nitrogens with one attached hydrogen (secondary N) is 2. The quantitative estimate of drug-likeness (QED) is 0.691. The fourth-order valence-electron chi connectivity index (χ4n) is 1.41. The summed E-state index contributed by atoms with van der Waals surface area (Å²) in [7, 11) is -3.48. The van der Waals surface area contributed by atoms with E-state index in [1.807, 2.05) is 13.8 Å². The van der Waals surface area contributed by atoms with Crippen molar-refractivity contribution in [1.29, 1.82) is 0 Å². The van der Waals surface area contributed by atoms with E-state index in [1.165, 1.54) is 12.3 Å². The minimum Gasteiger partial charge on any atom is -0.396 e. The zero-order chi connectivity index (χ0) is 12.2. The molecule has 3 N–H and O–H groups in total. The Morgan fingerprint density at radius 2 is 2.19 bits per heavy atom. The van der Waals surface area contributed by atoms with Crippen molar-refractivity contribution < 1.29 is 13.5 Å². The van der Waals surface area contributed by atoms with Gasteiger partial charge in [0.15, 0.2) is 0 Å². The van der Waals surface area contributed by atoms with Gasteiger partial charge in [-0.1, -0.05) is 13.8 Å². The minimum absolute atomic E-state index is 0.0293. The molecule has 0 aromatic carbocycles. The van der Waals surface area contributed by atoms with Crippen LogP contribution in [-0.4, -0.2) is 31.2 Å². The zero-order valence-corrected chi connectivity index (χ0v) is 10.3. The van der Waals surface area contributed by atoms with E-state index in [0.717, 1.165) is 0 Å². The fourth-order valence-corrected chi connectivity index (χ4v) is 2.81. The third kappa shape index (κ3) is 3.33. The average Bonchev–Trinajstić information content (AvgIpc) is 2.69. The Balaban J connectivity index is 2.78. The topological polar surface area (TPSA) is 82.2 Å². The maximum absolute atomic E-state index is 11.9. The van der Waals surface area contributed by atoms with Crippen LogP contribution in [0.1, 0.15) is 20.3 Å². The van der Waals surface area contributed by atoms with Gasteiger partial charge in [0.1, 0.15) is 0 Å². The summed E-state index contributed by atoms with van der Waals surface area (Å²) in [4.78, 5) is 2.92. The van der Waals surface area contributed by atoms with Crippen LogP contribution in [0.2, 0.25) is 0 Å². The number of H-pyrrole nitrogens is 1. The summed E-state index contributed by atoms with van der Waals surface area (Å²) < 4.78 is 26.3. The van der Waals surface area contributed by atoms with Crippen molar-refractivity contribution in [2.75, 3.05) is 6.61 Å². The molecule has 0 aliphatic carbocycles. The van der Waals surface area contributed by atoms with Gasteiger partial charge in [0.25, 0.3) is 0 Å². The first-order valence-electron chi connectivity index (χ1n) is 5.23. The minimum atomic E-state index is -3.48. The van der Waals surface area contributed by atoms with E-state index < -0.39 is 10.0 Å². The maximum atomic E-state index is 11.9. The Morgan fingerprint density at radius 1 is 1.50 bits per heavy atom. The van der Waals surface area contributed by atoms with Crippen molar-refractivity contribution >= 4 is 10.0 Å². The Morgan fingerprint density at radius 3 is 2.62 bits per heavy atom. The maximum Gasteiger partial charge on any atom is 0.242 e. The van der Waals surface area contributed by atoms with E-state index in [4.69, 9.17) is 5.11 Å². The molecule has 1 unspecified atom stereocenters. The van der Waals surface area contributed by atoms with Gasteiger partial charge >= 0.3 is 0 Å². The van der Waals surface area contributed by atoms with Crippen molar-refractivity contribution in [2.45, 2.75) is 31.2 Å². The van der Waals surface area contributed by atoms with Crippen molar-refractivity contribution in [3.05, 3.63) is 18.5 Å². The zero-order valence-electron chi connectivity index (χ0n) is 9.47. The molecule has 92 valence electrons. The molecule has 0 amide bonds. The molecular weight excluding hydrogens is 228 g/mol. The lowest BCUT2D eigenvalue weighted by Crippen LogP contribution is -2.39. The van der Waals surface area contributed by atoms with Gasteiger partial charge in [0, 0.05) is 25.0 Å². The molecule has 1 aromatic heterocycles. The second-order valence-electron chi connectivity index (χ2n) is 4.03. The highest BCUT2D eigenvalue weighted by molar-refractivity contribution is 7.89. The van der Waals surface area contributed by atoms with E-state index in [2.05, 4.69) is 9.71 Å². The number of hydrogen-bond acceptors (Lipinski definition) is 3. The summed E-state index contributed by atoms with van der Waals surface area (Å²) in [6, 6.07) is 1.25. The lowest BCUT2D eigenvalue weighted by molar-refractivity contribution is 0.256. The van der Waals surface area contributed by atoms with Crippen molar-refractivity contribution in [2.24, 2.45) is 5.92 Å². The first-order valence-corrected chi connectivity index (χ1v) is 6.71. The van der Waals surface area contributed by atoms with E-state index >= 15 is 0 Å². The molecular formula is C10H18N2O3S. The summed E-state index contributed by atoms with van der Waals surface area (Å²) in [5.41, 5.74) is 0. The van der Waals surface area contributed by atoms with E-state index in [-0.39, 0.29) is 23.5 Å². The lowest BCUT2D eigenvalue weighted by Gasteiger charge is -2.20. The fraction of sp³-hybridized carbons (Fsp3) is 0.600. The summed E-state index contributed by atoms with van der Waals surface area (Å²) in [5.74, 6) is 0.140. The second kappa shape index (κ2) is 5.47.